The molecule has 0 radical (unpaired) electrons. The highest BCUT2D eigenvalue weighted by Gasteiger charge is 2.13. The Morgan fingerprint density at radius 1 is 1.37 bits per heavy atom. The number of carbonyl (C=O) groups is 1. The largest absolute Gasteiger partial charge is 0.466 e. The van der Waals surface area contributed by atoms with Crippen LogP contribution < -0.4 is 4.72 Å². The zero-order chi connectivity index (χ0) is 14.3. The lowest BCUT2D eigenvalue weighted by atomic mass is 10.2. The zero-order valence-electron chi connectivity index (χ0n) is 10.4. The van der Waals surface area contributed by atoms with Crippen LogP contribution in [0, 0.1) is 11.3 Å². The van der Waals surface area contributed by atoms with Crippen LogP contribution in [0.3, 0.4) is 0 Å². The number of nitriles is 1. The van der Waals surface area contributed by atoms with Crippen molar-refractivity contribution in [2.45, 2.75) is 13.3 Å². The lowest BCUT2D eigenvalue weighted by Gasteiger charge is -2.07. The fourth-order valence-corrected chi connectivity index (χ4v) is 2.33. The van der Waals surface area contributed by atoms with Crippen molar-refractivity contribution in [1.29, 1.82) is 5.26 Å². The summed E-state index contributed by atoms with van der Waals surface area (Å²) in [6.45, 7) is 1.88. The Labute approximate surface area is 112 Å². The minimum atomic E-state index is -3.60. The van der Waals surface area contributed by atoms with Gasteiger partial charge in [-0.25, -0.2) is 8.42 Å². The number of esters is 1. The standard InChI is InChI=1S/C12H14N2O4S/c1-2-18-12(15)7-8-19(16,17)14-11-5-3-10(9-13)4-6-11/h3-6,14H,2,7-8H2,1H3. The van der Waals surface area contributed by atoms with Crippen molar-refractivity contribution >= 4 is 21.7 Å². The Morgan fingerprint density at radius 3 is 2.53 bits per heavy atom. The molecule has 6 nitrogen and oxygen atoms in total. The van der Waals surface area contributed by atoms with Gasteiger partial charge in [0.2, 0.25) is 10.0 Å². The fourth-order valence-electron chi connectivity index (χ4n) is 1.29. The van der Waals surface area contributed by atoms with E-state index in [2.05, 4.69) is 9.46 Å². The van der Waals surface area contributed by atoms with Gasteiger partial charge in [0.25, 0.3) is 0 Å². The topological polar surface area (TPSA) is 96.3 Å². The lowest BCUT2D eigenvalue weighted by Crippen LogP contribution is -2.19. The molecule has 0 unspecified atom stereocenters. The molecule has 19 heavy (non-hydrogen) atoms. The second-order valence-electron chi connectivity index (χ2n) is 3.67. The van der Waals surface area contributed by atoms with Gasteiger partial charge in [0, 0.05) is 5.69 Å². The number of anilines is 1. The molecule has 0 spiro atoms. The summed E-state index contributed by atoms with van der Waals surface area (Å²) in [5.41, 5.74) is 0.789. The quantitative estimate of drug-likeness (QED) is 0.792. The van der Waals surface area contributed by atoms with Gasteiger partial charge < -0.3 is 4.74 Å². The molecule has 0 aliphatic heterocycles. The average Bonchev–Trinajstić information content (AvgIpc) is 2.37. The first-order valence-corrected chi connectivity index (χ1v) is 7.28. The highest BCUT2D eigenvalue weighted by atomic mass is 32.2. The first kappa shape index (κ1) is 15.0. The minimum absolute atomic E-state index is 0.195. The van der Waals surface area contributed by atoms with Gasteiger partial charge in [0.15, 0.2) is 0 Å². The van der Waals surface area contributed by atoms with Gasteiger partial charge in [-0.15, -0.1) is 0 Å². The van der Waals surface area contributed by atoms with Gasteiger partial charge in [0.1, 0.15) is 0 Å². The summed E-state index contributed by atoms with van der Waals surface area (Å²) in [5, 5.41) is 8.62. The van der Waals surface area contributed by atoms with E-state index >= 15 is 0 Å². The maximum absolute atomic E-state index is 11.7. The number of carbonyl (C=O) groups excluding carboxylic acids is 1. The van der Waals surface area contributed by atoms with Crippen molar-refractivity contribution in [2.24, 2.45) is 0 Å². The summed E-state index contributed by atoms with van der Waals surface area (Å²) < 4.78 is 30.3. The highest BCUT2D eigenvalue weighted by molar-refractivity contribution is 7.92. The molecule has 0 fully saturated rings. The summed E-state index contributed by atoms with van der Waals surface area (Å²) in [5.74, 6) is -0.890. The van der Waals surface area contributed by atoms with Crippen LogP contribution in [0.15, 0.2) is 24.3 Å². The van der Waals surface area contributed by atoms with E-state index in [1.54, 1.807) is 6.92 Å². The molecule has 1 aromatic rings. The average molecular weight is 282 g/mol. The van der Waals surface area contributed by atoms with Crippen LogP contribution in [-0.4, -0.2) is 26.7 Å². The molecule has 0 bridgehead atoms. The first-order chi connectivity index (χ1) is 8.96. The second-order valence-corrected chi connectivity index (χ2v) is 5.51. The third kappa shape index (κ3) is 5.40. The smallest absolute Gasteiger partial charge is 0.306 e. The maximum Gasteiger partial charge on any atom is 0.306 e. The third-order valence-corrected chi connectivity index (χ3v) is 3.46. The molecule has 0 amide bonds. The van der Waals surface area contributed by atoms with Crippen LogP contribution in [0.25, 0.3) is 0 Å². The number of sulfonamides is 1. The number of rotatable bonds is 6. The molecule has 0 aliphatic carbocycles. The van der Waals surface area contributed by atoms with Gasteiger partial charge in [-0.05, 0) is 31.2 Å². The van der Waals surface area contributed by atoms with E-state index in [1.165, 1.54) is 24.3 Å². The monoisotopic (exact) mass is 282 g/mol. The van der Waals surface area contributed by atoms with E-state index in [9.17, 15) is 13.2 Å². The summed E-state index contributed by atoms with van der Waals surface area (Å²) in [6.07, 6.45) is -0.195. The number of nitrogens with zero attached hydrogens (tertiary/aromatic N) is 1. The van der Waals surface area contributed by atoms with Crippen molar-refractivity contribution in [3.63, 3.8) is 0 Å². The van der Waals surface area contributed by atoms with Crippen molar-refractivity contribution in [2.75, 3.05) is 17.1 Å². The summed E-state index contributed by atoms with van der Waals surface area (Å²) in [6, 6.07) is 7.91. The third-order valence-electron chi connectivity index (χ3n) is 2.17. The SMILES string of the molecule is CCOC(=O)CCS(=O)(=O)Nc1ccc(C#N)cc1. The Hall–Kier alpha value is -2.07. The second kappa shape index (κ2) is 6.75. The molecule has 7 heteroatoms. The molecular weight excluding hydrogens is 268 g/mol. The Bertz CT molecular complexity index is 573. The van der Waals surface area contributed by atoms with Crippen LogP contribution in [0.2, 0.25) is 0 Å². The number of benzene rings is 1. The predicted molar refractivity (Wildman–Crippen MR) is 69.8 cm³/mol. The van der Waals surface area contributed by atoms with Crippen molar-refractivity contribution in [1.82, 2.24) is 0 Å². The van der Waals surface area contributed by atoms with Crippen molar-refractivity contribution < 1.29 is 17.9 Å². The number of hydrogen-bond donors (Lipinski definition) is 1. The predicted octanol–water partition coefficient (Wildman–Crippen LogP) is 1.25. The van der Waals surface area contributed by atoms with Gasteiger partial charge in [-0.1, -0.05) is 0 Å². The Kier molecular flexibility index (Phi) is 5.33. The Morgan fingerprint density at radius 2 is 2.00 bits per heavy atom. The molecule has 1 N–H and O–H groups in total. The van der Waals surface area contributed by atoms with Crippen molar-refractivity contribution in [3.8, 4) is 6.07 Å². The molecule has 1 aromatic carbocycles. The summed E-state index contributed by atoms with van der Waals surface area (Å²) in [4.78, 5) is 11.1. The van der Waals surface area contributed by atoms with E-state index in [4.69, 9.17) is 5.26 Å². The van der Waals surface area contributed by atoms with Gasteiger partial charge in [-0.3, -0.25) is 9.52 Å². The minimum Gasteiger partial charge on any atom is -0.466 e. The summed E-state index contributed by atoms with van der Waals surface area (Å²) in [7, 11) is -3.60. The Balaban J connectivity index is 2.59. The van der Waals surface area contributed by atoms with Gasteiger partial charge >= 0.3 is 5.97 Å². The molecule has 0 atom stereocenters. The number of nitrogens with one attached hydrogen (secondary N) is 1. The lowest BCUT2D eigenvalue weighted by molar-refractivity contribution is -0.142. The van der Waals surface area contributed by atoms with E-state index < -0.39 is 16.0 Å². The van der Waals surface area contributed by atoms with Crippen molar-refractivity contribution in [3.05, 3.63) is 29.8 Å². The normalized spacial score (nSPS) is 10.5. The number of hydrogen-bond acceptors (Lipinski definition) is 5. The van der Waals surface area contributed by atoms with Crippen LogP contribution in [0.1, 0.15) is 18.9 Å². The van der Waals surface area contributed by atoms with Gasteiger partial charge in [0.05, 0.1) is 30.4 Å². The zero-order valence-corrected chi connectivity index (χ0v) is 11.2. The van der Waals surface area contributed by atoms with E-state index in [0.29, 0.717) is 11.3 Å². The van der Waals surface area contributed by atoms with Crippen LogP contribution >= 0.6 is 0 Å². The van der Waals surface area contributed by atoms with Gasteiger partial charge in [-0.2, -0.15) is 5.26 Å². The van der Waals surface area contributed by atoms with E-state index in [1.807, 2.05) is 6.07 Å². The molecule has 1 rings (SSSR count). The molecule has 0 aliphatic rings. The first-order valence-electron chi connectivity index (χ1n) is 5.63. The number of ether oxygens (including phenoxy) is 1. The van der Waals surface area contributed by atoms with E-state index in [0.717, 1.165) is 0 Å². The van der Waals surface area contributed by atoms with Crippen LogP contribution in [-0.2, 0) is 19.6 Å². The van der Waals surface area contributed by atoms with Crippen LogP contribution in [0.4, 0.5) is 5.69 Å². The molecule has 0 heterocycles. The molecule has 0 saturated carbocycles. The fraction of sp³-hybridized carbons (Fsp3) is 0.333. The molecular formula is C12H14N2O4S. The maximum atomic E-state index is 11.7. The van der Waals surface area contributed by atoms with Crippen LogP contribution in [0.5, 0.6) is 0 Å². The molecule has 102 valence electrons. The van der Waals surface area contributed by atoms with E-state index in [-0.39, 0.29) is 18.8 Å². The molecule has 0 aromatic heterocycles. The highest BCUT2D eigenvalue weighted by Crippen LogP contribution is 2.11. The molecule has 0 saturated heterocycles. The summed E-state index contributed by atoms with van der Waals surface area (Å²) >= 11 is 0.